The number of aryl methyl sites for hydroxylation is 2. The fourth-order valence-electron chi connectivity index (χ4n) is 2.74. The number of Topliss-reactive ketones (excluding diaryl/α,β-unsaturated/α-hetero) is 1. The van der Waals surface area contributed by atoms with Crippen molar-refractivity contribution in [1.29, 1.82) is 0 Å². The van der Waals surface area contributed by atoms with Gasteiger partial charge in [-0.05, 0) is 49.2 Å². The number of nitrogens with one attached hydrogen (secondary N) is 1. The predicted molar refractivity (Wildman–Crippen MR) is 88.8 cm³/mol. The third-order valence-electron chi connectivity index (χ3n) is 4.30. The molecule has 0 bridgehead atoms. The molecule has 0 saturated carbocycles. The number of aliphatic hydroxyl groups is 1. The van der Waals surface area contributed by atoms with E-state index in [0.29, 0.717) is 21.8 Å². The lowest BCUT2D eigenvalue weighted by Crippen LogP contribution is -2.36. The Morgan fingerprint density at radius 2 is 1.91 bits per heavy atom. The molecular formula is C18H16ClNO3. The SMILES string of the molecule is Cc1ccc(C(=O)C[C@]2(O)C(=O)Nc3ccc(Cl)cc32)cc1C. The quantitative estimate of drug-likeness (QED) is 0.848. The van der Waals surface area contributed by atoms with Gasteiger partial charge in [0, 0.05) is 21.8 Å². The van der Waals surface area contributed by atoms with Gasteiger partial charge in [-0.15, -0.1) is 0 Å². The fraction of sp³-hybridized carbons (Fsp3) is 0.222. The van der Waals surface area contributed by atoms with Crippen LogP contribution in [0, 0.1) is 13.8 Å². The lowest BCUT2D eigenvalue weighted by atomic mass is 9.87. The second-order valence-corrected chi connectivity index (χ2v) is 6.34. The van der Waals surface area contributed by atoms with Gasteiger partial charge in [0.2, 0.25) is 0 Å². The number of hydrogen-bond acceptors (Lipinski definition) is 3. The van der Waals surface area contributed by atoms with Gasteiger partial charge in [0.1, 0.15) is 0 Å². The van der Waals surface area contributed by atoms with Crippen LogP contribution >= 0.6 is 11.6 Å². The van der Waals surface area contributed by atoms with Crippen LogP contribution in [0.5, 0.6) is 0 Å². The number of hydrogen-bond donors (Lipinski definition) is 2. The Balaban J connectivity index is 1.95. The maximum Gasteiger partial charge on any atom is 0.261 e. The van der Waals surface area contributed by atoms with Gasteiger partial charge in [-0.25, -0.2) is 0 Å². The summed E-state index contributed by atoms with van der Waals surface area (Å²) in [5, 5.41) is 13.8. The molecule has 1 aliphatic heterocycles. The maximum atomic E-state index is 12.5. The van der Waals surface area contributed by atoms with Crippen molar-refractivity contribution in [2.24, 2.45) is 0 Å². The number of ketones is 1. The molecule has 118 valence electrons. The molecule has 0 spiro atoms. The minimum atomic E-state index is -1.89. The second-order valence-electron chi connectivity index (χ2n) is 5.90. The summed E-state index contributed by atoms with van der Waals surface area (Å²) in [5.74, 6) is -0.898. The highest BCUT2D eigenvalue weighted by molar-refractivity contribution is 6.31. The number of anilines is 1. The van der Waals surface area contributed by atoms with E-state index in [0.717, 1.165) is 11.1 Å². The van der Waals surface area contributed by atoms with Gasteiger partial charge >= 0.3 is 0 Å². The molecule has 0 saturated heterocycles. The number of fused-ring (bicyclic) bond motifs is 1. The van der Waals surface area contributed by atoms with Crippen LogP contribution in [0.15, 0.2) is 36.4 Å². The highest BCUT2D eigenvalue weighted by atomic mass is 35.5. The zero-order chi connectivity index (χ0) is 16.8. The van der Waals surface area contributed by atoms with E-state index in [9.17, 15) is 14.7 Å². The van der Waals surface area contributed by atoms with E-state index < -0.39 is 11.5 Å². The molecule has 0 unspecified atom stereocenters. The molecule has 1 aliphatic rings. The Kier molecular flexibility index (Phi) is 3.74. The van der Waals surface area contributed by atoms with E-state index in [4.69, 9.17) is 11.6 Å². The molecule has 0 aliphatic carbocycles. The van der Waals surface area contributed by atoms with Crippen molar-refractivity contribution in [1.82, 2.24) is 0 Å². The summed E-state index contributed by atoms with van der Waals surface area (Å²) < 4.78 is 0. The van der Waals surface area contributed by atoms with E-state index in [1.54, 1.807) is 24.3 Å². The van der Waals surface area contributed by atoms with Gasteiger partial charge in [0.05, 0.1) is 6.42 Å². The van der Waals surface area contributed by atoms with Gasteiger partial charge in [-0.3, -0.25) is 9.59 Å². The van der Waals surface area contributed by atoms with Crippen LogP contribution in [0.3, 0.4) is 0 Å². The number of rotatable bonds is 3. The zero-order valence-corrected chi connectivity index (χ0v) is 13.6. The van der Waals surface area contributed by atoms with Crippen molar-refractivity contribution in [3.63, 3.8) is 0 Å². The van der Waals surface area contributed by atoms with Crippen LogP contribution in [0.4, 0.5) is 5.69 Å². The summed E-state index contributed by atoms with van der Waals surface area (Å²) in [5.41, 5.74) is 1.47. The topological polar surface area (TPSA) is 66.4 Å². The highest BCUT2D eigenvalue weighted by Crippen LogP contribution is 2.40. The first-order valence-electron chi connectivity index (χ1n) is 7.25. The van der Waals surface area contributed by atoms with E-state index in [-0.39, 0.29) is 12.2 Å². The average molecular weight is 330 g/mol. The molecule has 5 heteroatoms. The minimum absolute atomic E-state index is 0.293. The van der Waals surface area contributed by atoms with Gasteiger partial charge in [-0.1, -0.05) is 23.7 Å². The number of carbonyl (C=O) groups excluding carboxylic acids is 2. The summed E-state index contributed by atoms with van der Waals surface area (Å²) in [4.78, 5) is 24.7. The molecule has 0 fully saturated rings. The monoisotopic (exact) mass is 329 g/mol. The summed E-state index contributed by atoms with van der Waals surface area (Å²) in [6, 6.07) is 10.1. The minimum Gasteiger partial charge on any atom is -0.375 e. The number of carbonyl (C=O) groups is 2. The van der Waals surface area contributed by atoms with Crippen LogP contribution in [0.1, 0.15) is 33.5 Å². The molecular weight excluding hydrogens is 314 g/mol. The van der Waals surface area contributed by atoms with Crippen molar-refractivity contribution in [2.45, 2.75) is 25.9 Å². The second kappa shape index (κ2) is 5.48. The third-order valence-corrected chi connectivity index (χ3v) is 4.53. The Labute approximate surface area is 139 Å². The standard InChI is InChI=1S/C18H16ClNO3/c1-10-3-4-12(7-11(10)2)16(21)9-18(23)14-8-13(19)5-6-15(14)20-17(18)22/h3-8,23H,9H2,1-2H3,(H,20,22)/t18-/m1/s1. The Hall–Kier alpha value is -2.17. The molecule has 1 amide bonds. The molecule has 1 heterocycles. The smallest absolute Gasteiger partial charge is 0.261 e. The number of halogens is 1. The van der Waals surface area contributed by atoms with Crippen molar-refractivity contribution in [3.05, 3.63) is 63.7 Å². The first-order chi connectivity index (χ1) is 10.8. The molecule has 4 nitrogen and oxygen atoms in total. The normalized spacial score (nSPS) is 19.4. The maximum absolute atomic E-state index is 12.5. The van der Waals surface area contributed by atoms with Crippen molar-refractivity contribution in [3.8, 4) is 0 Å². The zero-order valence-electron chi connectivity index (χ0n) is 12.8. The van der Waals surface area contributed by atoms with Crippen LogP contribution < -0.4 is 5.32 Å². The average Bonchev–Trinajstić information content (AvgIpc) is 2.73. The Morgan fingerprint density at radius 3 is 2.61 bits per heavy atom. The molecule has 0 radical (unpaired) electrons. The predicted octanol–water partition coefficient (Wildman–Crippen LogP) is 3.37. The van der Waals surface area contributed by atoms with Crippen molar-refractivity contribution >= 4 is 29.0 Å². The van der Waals surface area contributed by atoms with E-state index in [1.807, 2.05) is 19.9 Å². The number of benzene rings is 2. The van der Waals surface area contributed by atoms with Crippen molar-refractivity contribution < 1.29 is 14.7 Å². The molecule has 23 heavy (non-hydrogen) atoms. The first-order valence-corrected chi connectivity index (χ1v) is 7.63. The van der Waals surface area contributed by atoms with E-state index in [1.165, 1.54) is 6.07 Å². The van der Waals surface area contributed by atoms with Crippen LogP contribution in [-0.4, -0.2) is 16.8 Å². The lowest BCUT2D eigenvalue weighted by molar-refractivity contribution is -0.133. The van der Waals surface area contributed by atoms with Gasteiger partial charge in [0.15, 0.2) is 11.4 Å². The molecule has 1 atom stereocenters. The molecule has 0 aromatic heterocycles. The van der Waals surface area contributed by atoms with Gasteiger partial charge in [-0.2, -0.15) is 0 Å². The summed E-state index contributed by atoms with van der Waals surface area (Å²) >= 11 is 5.95. The highest BCUT2D eigenvalue weighted by Gasteiger charge is 2.46. The van der Waals surface area contributed by atoms with Gasteiger partial charge in [0.25, 0.3) is 5.91 Å². The van der Waals surface area contributed by atoms with Crippen LogP contribution in [-0.2, 0) is 10.4 Å². The van der Waals surface area contributed by atoms with Crippen LogP contribution in [0.25, 0.3) is 0 Å². The molecule has 2 N–H and O–H groups in total. The Morgan fingerprint density at radius 1 is 1.17 bits per heavy atom. The van der Waals surface area contributed by atoms with Crippen LogP contribution in [0.2, 0.25) is 5.02 Å². The Bertz CT molecular complexity index is 831. The molecule has 2 aromatic carbocycles. The third kappa shape index (κ3) is 2.64. The van der Waals surface area contributed by atoms with E-state index in [2.05, 4.69) is 5.32 Å². The van der Waals surface area contributed by atoms with Crippen molar-refractivity contribution in [2.75, 3.05) is 5.32 Å². The fourth-order valence-corrected chi connectivity index (χ4v) is 2.91. The molecule has 3 rings (SSSR count). The molecule has 2 aromatic rings. The summed E-state index contributed by atoms with van der Waals surface area (Å²) in [6.45, 7) is 3.87. The summed E-state index contributed by atoms with van der Waals surface area (Å²) in [6.07, 6.45) is -0.325. The summed E-state index contributed by atoms with van der Waals surface area (Å²) in [7, 11) is 0. The van der Waals surface area contributed by atoms with E-state index >= 15 is 0 Å². The van der Waals surface area contributed by atoms with Gasteiger partial charge < -0.3 is 10.4 Å². The lowest BCUT2D eigenvalue weighted by Gasteiger charge is -2.20. The largest absolute Gasteiger partial charge is 0.375 e. The number of amides is 1. The first kappa shape index (κ1) is 15.7.